The summed E-state index contributed by atoms with van der Waals surface area (Å²) in [6.45, 7) is 5.52. The Morgan fingerprint density at radius 1 is 1.33 bits per heavy atom. The molecule has 0 aliphatic carbocycles. The molecule has 2 rings (SSSR count). The third-order valence-corrected chi connectivity index (χ3v) is 4.89. The van der Waals surface area contributed by atoms with Crippen LogP contribution in [-0.4, -0.2) is 52.2 Å². The van der Waals surface area contributed by atoms with Crippen LogP contribution >= 0.6 is 0 Å². The predicted molar refractivity (Wildman–Crippen MR) is 78.2 cm³/mol. The Morgan fingerprint density at radius 2 is 1.95 bits per heavy atom. The Hall–Kier alpha value is -1.46. The van der Waals surface area contributed by atoms with Crippen LogP contribution in [-0.2, 0) is 14.8 Å². The summed E-state index contributed by atoms with van der Waals surface area (Å²) < 4.78 is 32.4. The van der Waals surface area contributed by atoms with Gasteiger partial charge in [-0.15, -0.1) is 0 Å². The molecule has 1 aromatic rings. The molecular formula is C14H19N3O3S. The minimum atomic E-state index is -3.55. The first kappa shape index (κ1) is 15.9. The number of rotatable bonds is 5. The quantitative estimate of drug-likeness (QED) is 0.859. The second kappa shape index (κ2) is 7.00. The SMILES string of the molecule is C[C@@H](CN1CCOCC1)NS(=O)(=O)c1ccc(C#N)cc1. The van der Waals surface area contributed by atoms with Crippen LogP contribution in [0.25, 0.3) is 0 Å². The van der Waals surface area contributed by atoms with Gasteiger partial charge < -0.3 is 4.74 Å². The van der Waals surface area contributed by atoms with Gasteiger partial charge in [0.05, 0.1) is 29.7 Å². The molecule has 1 N–H and O–H groups in total. The van der Waals surface area contributed by atoms with Crippen LogP contribution in [0.1, 0.15) is 12.5 Å². The minimum Gasteiger partial charge on any atom is -0.379 e. The van der Waals surface area contributed by atoms with E-state index in [1.807, 2.05) is 13.0 Å². The van der Waals surface area contributed by atoms with Crippen LogP contribution in [0.3, 0.4) is 0 Å². The number of nitrogens with zero attached hydrogens (tertiary/aromatic N) is 2. The molecule has 1 aliphatic rings. The van der Waals surface area contributed by atoms with Gasteiger partial charge in [-0.2, -0.15) is 5.26 Å². The van der Waals surface area contributed by atoms with Crippen LogP contribution < -0.4 is 4.72 Å². The van der Waals surface area contributed by atoms with Crippen molar-refractivity contribution in [2.24, 2.45) is 0 Å². The molecule has 1 saturated heterocycles. The molecule has 1 fully saturated rings. The maximum atomic E-state index is 12.2. The Bertz CT molecular complexity index is 601. The highest BCUT2D eigenvalue weighted by Gasteiger charge is 2.20. The molecule has 1 aliphatic heterocycles. The van der Waals surface area contributed by atoms with Crippen LogP contribution in [0.5, 0.6) is 0 Å². The fourth-order valence-corrected chi connectivity index (χ4v) is 3.48. The maximum absolute atomic E-state index is 12.2. The highest BCUT2D eigenvalue weighted by atomic mass is 32.2. The van der Waals surface area contributed by atoms with Gasteiger partial charge >= 0.3 is 0 Å². The Kier molecular flexibility index (Phi) is 5.31. The third kappa shape index (κ3) is 4.51. The fraction of sp³-hybridized carbons (Fsp3) is 0.500. The number of morpholine rings is 1. The lowest BCUT2D eigenvalue weighted by Crippen LogP contribution is -2.45. The molecule has 1 heterocycles. The highest BCUT2D eigenvalue weighted by Crippen LogP contribution is 2.11. The molecule has 0 unspecified atom stereocenters. The van der Waals surface area contributed by atoms with Gasteiger partial charge in [0.2, 0.25) is 10.0 Å². The van der Waals surface area contributed by atoms with E-state index < -0.39 is 10.0 Å². The molecule has 114 valence electrons. The van der Waals surface area contributed by atoms with Gasteiger partial charge in [0.25, 0.3) is 0 Å². The van der Waals surface area contributed by atoms with Crippen LogP contribution in [0.15, 0.2) is 29.2 Å². The normalized spacial score (nSPS) is 18.1. The Balaban J connectivity index is 1.97. The number of hydrogen-bond acceptors (Lipinski definition) is 5. The summed E-state index contributed by atoms with van der Waals surface area (Å²) in [5, 5.41) is 8.73. The lowest BCUT2D eigenvalue weighted by Gasteiger charge is -2.29. The zero-order valence-electron chi connectivity index (χ0n) is 11.9. The maximum Gasteiger partial charge on any atom is 0.240 e. The fourth-order valence-electron chi connectivity index (χ4n) is 2.25. The molecule has 0 aromatic heterocycles. The number of nitriles is 1. The predicted octanol–water partition coefficient (Wildman–Crippen LogP) is 0.557. The molecule has 6 nitrogen and oxygen atoms in total. The summed E-state index contributed by atoms with van der Waals surface area (Å²) in [6, 6.07) is 7.67. The van der Waals surface area contributed by atoms with E-state index >= 15 is 0 Å². The van der Waals surface area contributed by atoms with E-state index in [2.05, 4.69) is 9.62 Å². The van der Waals surface area contributed by atoms with Crippen LogP contribution in [0.4, 0.5) is 0 Å². The number of benzene rings is 1. The van der Waals surface area contributed by atoms with Gasteiger partial charge in [-0.25, -0.2) is 13.1 Å². The van der Waals surface area contributed by atoms with E-state index in [1.54, 1.807) is 0 Å². The minimum absolute atomic E-state index is 0.176. The third-order valence-electron chi connectivity index (χ3n) is 3.29. The number of ether oxygens (including phenoxy) is 1. The van der Waals surface area contributed by atoms with Crippen molar-refractivity contribution in [1.29, 1.82) is 5.26 Å². The molecule has 0 spiro atoms. The van der Waals surface area contributed by atoms with E-state index in [1.165, 1.54) is 24.3 Å². The first-order valence-electron chi connectivity index (χ1n) is 6.84. The van der Waals surface area contributed by atoms with E-state index in [0.717, 1.165) is 13.1 Å². The van der Waals surface area contributed by atoms with Gasteiger partial charge in [0.1, 0.15) is 0 Å². The van der Waals surface area contributed by atoms with Gasteiger partial charge in [0, 0.05) is 25.7 Å². The van der Waals surface area contributed by atoms with Crippen molar-refractivity contribution in [3.63, 3.8) is 0 Å². The molecule has 0 bridgehead atoms. The number of hydrogen-bond donors (Lipinski definition) is 1. The Morgan fingerprint density at radius 3 is 2.52 bits per heavy atom. The smallest absolute Gasteiger partial charge is 0.240 e. The zero-order valence-corrected chi connectivity index (χ0v) is 12.8. The molecule has 21 heavy (non-hydrogen) atoms. The largest absolute Gasteiger partial charge is 0.379 e. The van der Waals surface area contributed by atoms with Crippen molar-refractivity contribution in [1.82, 2.24) is 9.62 Å². The van der Waals surface area contributed by atoms with E-state index in [-0.39, 0.29) is 10.9 Å². The van der Waals surface area contributed by atoms with Crippen molar-refractivity contribution >= 4 is 10.0 Å². The zero-order chi connectivity index (χ0) is 15.3. The average molecular weight is 309 g/mol. The van der Waals surface area contributed by atoms with E-state index in [4.69, 9.17) is 10.00 Å². The Labute approximate surface area is 125 Å². The monoisotopic (exact) mass is 309 g/mol. The first-order chi connectivity index (χ1) is 10.0. The van der Waals surface area contributed by atoms with Gasteiger partial charge in [-0.1, -0.05) is 0 Å². The summed E-state index contributed by atoms with van der Waals surface area (Å²) in [6.07, 6.45) is 0. The van der Waals surface area contributed by atoms with Gasteiger partial charge in [-0.3, -0.25) is 4.90 Å². The van der Waals surface area contributed by atoms with E-state index in [0.29, 0.717) is 25.3 Å². The summed E-state index contributed by atoms with van der Waals surface area (Å²) in [7, 11) is -3.55. The second-order valence-electron chi connectivity index (χ2n) is 5.07. The lowest BCUT2D eigenvalue weighted by atomic mass is 10.2. The topological polar surface area (TPSA) is 82.4 Å². The summed E-state index contributed by atoms with van der Waals surface area (Å²) >= 11 is 0. The van der Waals surface area contributed by atoms with Crippen molar-refractivity contribution in [2.45, 2.75) is 17.9 Å². The number of nitrogens with one attached hydrogen (secondary N) is 1. The molecule has 0 radical (unpaired) electrons. The van der Waals surface area contributed by atoms with Gasteiger partial charge in [0.15, 0.2) is 0 Å². The van der Waals surface area contributed by atoms with Crippen molar-refractivity contribution in [2.75, 3.05) is 32.8 Å². The summed E-state index contributed by atoms with van der Waals surface area (Å²) in [4.78, 5) is 2.35. The van der Waals surface area contributed by atoms with Crippen LogP contribution in [0.2, 0.25) is 0 Å². The lowest BCUT2D eigenvalue weighted by molar-refractivity contribution is 0.0354. The van der Waals surface area contributed by atoms with Crippen molar-refractivity contribution in [3.05, 3.63) is 29.8 Å². The van der Waals surface area contributed by atoms with E-state index in [9.17, 15) is 8.42 Å². The second-order valence-corrected chi connectivity index (χ2v) is 6.79. The molecule has 1 aromatic carbocycles. The standard InChI is InChI=1S/C14H19N3O3S/c1-12(11-17-6-8-20-9-7-17)16-21(18,19)14-4-2-13(10-15)3-5-14/h2-5,12,16H,6-9,11H2,1H3/t12-/m0/s1. The highest BCUT2D eigenvalue weighted by molar-refractivity contribution is 7.89. The van der Waals surface area contributed by atoms with Crippen molar-refractivity contribution in [3.8, 4) is 6.07 Å². The molecule has 0 saturated carbocycles. The molecular weight excluding hydrogens is 290 g/mol. The summed E-state index contributed by atoms with van der Waals surface area (Å²) in [5.41, 5.74) is 0.440. The molecule has 1 atom stereocenters. The van der Waals surface area contributed by atoms with Crippen molar-refractivity contribution < 1.29 is 13.2 Å². The average Bonchev–Trinajstić information content (AvgIpc) is 2.47. The molecule has 7 heteroatoms. The summed E-state index contributed by atoms with van der Waals surface area (Å²) in [5.74, 6) is 0. The van der Waals surface area contributed by atoms with Crippen LogP contribution in [0, 0.1) is 11.3 Å². The molecule has 0 amide bonds. The van der Waals surface area contributed by atoms with Gasteiger partial charge in [-0.05, 0) is 31.2 Å². The number of sulfonamides is 1. The first-order valence-corrected chi connectivity index (χ1v) is 8.32.